The second kappa shape index (κ2) is 4.99. The summed E-state index contributed by atoms with van der Waals surface area (Å²) in [6.07, 6.45) is 0. The lowest BCUT2D eigenvalue weighted by Crippen LogP contribution is -2.16. The standard InChI is InChI=1S/C15H25NO/c1-10(2)16-13-9-12(15(4,5)6)14(17-7)8-11(13)3/h8-10,16H,1-7H3. The molecule has 1 rings (SSSR count). The molecule has 1 aromatic carbocycles. The summed E-state index contributed by atoms with van der Waals surface area (Å²) >= 11 is 0. The lowest BCUT2D eigenvalue weighted by atomic mass is 9.85. The van der Waals surface area contributed by atoms with Crippen molar-refractivity contribution in [3.8, 4) is 5.75 Å². The van der Waals surface area contributed by atoms with Gasteiger partial charge in [0.05, 0.1) is 7.11 Å². The molecule has 0 unspecified atom stereocenters. The number of anilines is 1. The number of ether oxygens (including phenoxy) is 1. The fourth-order valence-electron chi connectivity index (χ4n) is 1.90. The molecular weight excluding hydrogens is 210 g/mol. The van der Waals surface area contributed by atoms with Gasteiger partial charge in [0.25, 0.3) is 0 Å². The van der Waals surface area contributed by atoms with Gasteiger partial charge in [-0.2, -0.15) is 0 Å². The van der Waals surface area contributed by atoms with Crippen LogP contribution in [0.2, 0.25) is 0 Å². The van der Waals surface area contributed by atoms with E-state index in [0.29, 0.717) is 6.04 Å². The molecule has 0 bridgehead atoms. The maximum absolute atomic E-state index is 5.48. The zero-order valence-corrected chi connectivity index (χ0v) is 12.1. The first kappa shape index (κ1) is 13.9. The van der Waals surface area contributed by atoms with Gasteiger partial charge in [-0.25, -0.2) is 0 Å². The van der Waals surface area contributed by atoms with Gasteiger partial charge in [0, 0.05) is 17.3 Å². The van der Waals surface area contributed by atoms with Gasteiger partial charge in [-0.05, 0) is 43.9 Å². The SMILES string of the molecule is COc1cc(C)c(NC(C)C)cc1C(C)(C)C. The highest BCUT2D eigenvalue weighted by atomic mass is 16.5. The Balaban J connectivity index is 3.28. The summed E-state index contributed by atoms with van der Waals surface area (Å²) in [6.45, 7) is 13.0. The number of rotatable bonds is 3. The van der Waals surface area contributed by atoms with Crippen LogP contribution in [0.3, 0.4) is 0 Å². The number of methoxy groups -OCH3 is 1. The molecule has 0 spiro atoms. The summed E-state index contributed by atoms with van der Waals surface area (Å²) in [5, 5.41) is 3.48. The van der Waals surface area contributed by atoms with E-state index < -0.39 is 0 Å². The van der Waals surface area contributed by atoms with Gasteiger partial charge < -0.3 is 10.1 Å². The predicted octanol–water partition coefficient (Wildman–Crippen LogP) is 4.12. The third-order valence-electron chi connectivity index (χ3n) is 2.80. The van der Waals surface area contributed by atoms with Crippen LogP contribution >= 0.6 is 0 Å². The molecule has 0 aliphatic carbocycles. The Bertz CT molecular complexity index is 389. The number of hydrogen-bond donors (Lipinski definition) is 1. The van der Waals surface area contributed by atoms with E-state index in [9.17, 15) is 0 Å². The first-order chi connectivity index (χ1) is 7.75. The molecule has 17 heavy (non-hydrogen) atoms. The van der Waals surface area contributed by atoms with Crippen LogP contribution in [0.15, 0.2) is 12.1 Å². The summed E-state index contributed by atoms with van der Waals surface area (Å²) in [5.74, 6) is 0.976. The molecule has 0 atom stereocenters. The fourth-order valence-corrected chi connectivity index (χ4v) is 1.90. The van der Waals surface area contributed by atoms with Gasteiger partial charge in [0.15, 0.2) is 0 Å². The topological polar surface area (TPSA) is 21.3 Å². The minimum Gasteiger partial charge on any atom is -0.496 e. The lowest BCUT2D eigenvalue weighted by Gasteiger charge is -2.25. The molecule has 1 aromatic rings. The molecule has 0 radical (unpaired) electrons. The Kier molecular flexibility index (Phi) is 4.07. The fraction of sp³-hybridized carbons (Fsp3) is 0.600. The van der Waals surface area contributed by atoms with Crippen molar-refractivity contribution >= 4 is 5.69 Å². The molecule has 0 aromatic heterocycles. The molecule has 0 aliphatic rings. The lowest BCUT2D eigenvalue weighted by molar-refractivity contribution is 0.397. The van der Waals surface area contributed by atoms with E-state index in [1.165, 1.54) is 16.8 Å². The summed E-state index contributed by atoms with van der Waals surface area (Å²) in [5.41, 5.74) is 3.76. The van der Waals surface area contributed by atoms with Crippen molar-refractivity contribution in [2.45, 2.75) is 53.0 Å². The van der Waals surface area contributed by atoms with Gasteiger partial charge in [-0.1, -0.05) is 20.8 Å². The maximum Gasteiger partial charge on any atom is 0.122 e. The summed E-state index contributed by atoms with van der Waals surface area (Å²) < 4.78 is 5.48. The van der Waals surface area contributed by atoms with Crippen molar-refractivity contribution < 1.29 is 4.74 Å². The normalized spacial score (nSPS) is 11.8. The van der Waals surface area contributed by atoms with Crippen molar-refractivity contribution in [3.05, 3.63) is 23.3 Å². The van der Waals surface area contributed by atoms with Crippen LogP contribution in [-0.4, -0.2) is 13.2 Å². The minimum atomic E-state index is 0.0897. The Morgan fingerprint density at radius 3 is 2.18 bits per heavy atom. The van der Waals surface area contributed by atoms with Gasteiger partial charge >= 0.3 is 0 Å². The van der Waals surface area contributed by atoms with Crippen molar-refractivity contribution in [1.82, 2.24) is 0 Å². The Labute approximate surface area is 105 Å². The largest absolute Gasteiger partial charge is 0.496 e. The monoisotopic (exact) mass is 235 g/mol. The molecule has 96 valence electrons. The first-order valence-corrected chi connectivity index (χ1v) is 6.21. The van der Waals surface area contributed by atoms with E-state index in [4.69, 9.17) is 4.74 Å². The molecule has 0 fully saturated rings. The molecule has 1 N–H and O–H groups in total. The third kappa shape index (κ3) is 3.39. The highest BCUT2D eigenvalue weighted by Gasteiger charge is 2.20. The van der Waals surface area contributed by atoms with Crippen molar-refractivity contribution in [2.24, 2.45) is 0 Å². The summed E-state index contributed by atoms with van der Waals surface area (Å²) in [7, 11) is 1.74. The smallest absolute Gasteiger partial charge is 0.122 e. The molecule has 0 amide bonds. The van der Waals surface area contributed by atoms with E-state index >= 15 is 0 Å². The van der Waals surface area contributed by atoms with Crippen LogP contribution in [0.4, 0.5) is 5.69 Å². The average molecular weight is 235 g/mol. The van der Waals surface area contributed by atoms with E-state index in [1.54, 1.807) is 7.11 Å². The molecule has 0 aliphatic heterocycles. The summed E-state index contributed by atoms with van der Waals surface area (Å²) in [6, 6.07) is 4.77. The van der Waals surface area contributed by atoms with Crippen LogP contribution in [0.1, 0.15) is 45.7 Å². The third-order valence-corrected chi connectivity index (χ3v) is 2.80. The number of nitrogens with one attached hydrogen (secondary N) is 1. The zero-order valence-electron chi connectivity index (χ0n) is 12.1. The number of benzene rings is 1. The molecule has 0 saturated heterocycles. The predicted molar refractivity (Wildman–Crippen MR) is 75.2 cm³/mol. The minimum absolute atomic E-state index is 0.0897. The zero-order chi connectivity index (χ0) is 13.2. The molecule has 2 heteroatoms. The molecule has 2 nitrogen and oxygen atoms in total. The second-order valence-electron chi connectivity index (χ2n) is 5.92. The molecule has 0 saturated carbocycles. The van der Waals surface area contributed by atoms with Crippen LogP contribution < -0.4 is 10.1 Å². The van der Waals surface area contributed by atoms with Crippen LogP contribution in [0.25, 0.3) is 0 Å². The average Bonchev–Trinajstić information content (AvgIpc) is 2.18. The quantitative estimate of drug-likeness (QED) is 0.851. The first-order valence-electron chi connectivity index (χ1n) is 6.21. The van der Waals surface area contributed by atoms with Gasteiger partial charge in [0.1, 0.15) is 5.75 Å². The van der Waals surface area contributed by atoms with E-state index in [-0.39, 0.29) is 5.41 Å². The Hall–Kier alpha value is -1.18. The Morgan fingerprint density at radius 1 is 1.18 bits per heavy atom. The van der Waals surface area contributed by atoms with Gasteiger partial charge in [0.2, 0.25) is 0 Å². The van der Waals surface area contributed by atoms with Crippen molar-refractivity contribution in [2.75, 3.05) is 12.4 Å². The second-order valence-corrected chi connectivity index (χ2v) is 5.92. The highest BCUT2D eigenvalue weighted by Crippen LogP contribution is 2.35. The van der Waals surface area contributed by atoms with Crippen LogP contribution in [0, 0.1) is 6.92 Å². The molecule has 0 heterocycles. The van der Waals surface area contributed by atoms with E-state index in [2.05, 4.69) is 59.0 Å². The number of aryl methyl sites for hydroxylation is 1. The highest BCUT2D eigenvalue weighted by molar-refractivity contribution is 5.59. The van der Waals surface area contributed by atoms with Crippen molar-refractivity contribution in [3.63, 3.8) is 0 Å². The van der Waals surface area contributed by atoms with E-state index in [0.717, 1.165) is 5.75 Å². The van der Waals surface area contributed by atoms with E-state index in [1.807, 2.05) is 0 Å². The Morgan fingerprint density at radius 2 is 1.76 bits per heavy atom. The van der Waals surface area contributed by atoms with Gasteiger partial charge in [-0.3, -0.25) is 0 Å². The van der Waals surface area contributed by atoms with Crippen LogP contribution in [-0.2, 0) is 5.41 Å². The van der Waals surface area contributed by atoms with Crippen molar-refractivity contribution in [1.29, 1.82) is 0 Å². The van der Waals surface area contributed by atoms with Gasteiger partial charge in [-0.15, -0.1) is 0 Å². The summed E-state index contributed by atoms with van der Waals surface area (Å²) in [4.78, 5) is 0. The van der Waals surface area contributed by atoms with Crippen LogP contribution in [0.5, 0.6) is 5.75 Å². The molecular formula is C15H25NO. The number of hydrogen-bond acceptors (Lipinski definition) is 2. The maximum atomic E-state index is 5.48.